The Kier molecular flexibility index (Phi) is 9.21. The molecule has 2 nitrogen and oxygen atoms in total. The van der Waals surface area contributed by atoms with Crippen molar-refractivity contribution < 1.29 is 0 Å². The highest BCUT2D eigenvalue weighted by Crippen LogP contribution is 2.52. The van der Waals surface area contributed by atoms with Crippen molar-refractivity contribution in [3.05, 3.63) is 187 Å². The quantitative estimate of drug-likeness (QED) is 0.163. The third-order valence-electron chi connectivity index (χ3n) is 13.7. The molecule has 0 N–H and O–H groups in total. The smallest absolute Gasteiger partial charge is 0.334 e. The summed E-state index contributed by atoms with van der Waals surface area (Å²) in [6.45, 7) is 20.8. The van der Waals surface area contributed by atoms with E-state index in [4.69, 9.17) is 0 Å². The highest BCUT2D eigenvalue weighted by atomic mass is 32.1. The first kappa shape index (κ1) is 40.4. The zero-order valence-corrected chi connectivity index (χ0v) is 39.4. The third kappa shape index (κ3) is 6.52. The van der Waals surface area contributed by atoms with Crippen molar-refractivity contribution in [2.75, 3.05) is 9.71 Å². The van der Waals surface area contributed by atoms with Gasteiger partial charge in [-0.25, -0.2) is 0 Å². The first-order valence-corrected chi connectivity index (χ1v) is 23.7. The van der Waals surface area contributed by atoms with Crippen LogP contribution in [0.15, 0.2) is 170 Å². The lowest BCUT2D eigenvalue weighted by Crippen LogP contribution is -2.61. The number of anilines is 5. The maximum Gasteiger partial charge on any atom is 0.334 e. The Balaban J connectivity index is 1.32. The van der Waals surface area contributed by atoms with Gasteiger partial charge in [0.1, 0.15) is 0 Å². The van der Waals surface area contributed by atoms with E-state index in [1.54, 1.807) is 0 Å². The van der Waals surface area contributed by atoms with Gasteiger partial charge in [0.25, 0.3) is 0 Å². The van der Waals surface area contributed by atoms with Crippen molar-refractivity contribution in [1.82, 2.24) is 0 Å². The van der Waals surface area contributed by atoms with Crippen molar-refractivity contribution in [2.24, 2.45) is 0 Å². The van der Waals surface area contributed by atoms with E-state index in [1.165, 1.54) is 110 Å². The molecule has 11 rings (SSSR count). The summed E-state index contributed by atoms with van der Waals surface area (Å²) >= 11 is 1.94. The number of thiophene rings is 1. The van der Waals surface area contributed by atoms with Gasteiger partial charge in [0.05, 0.1) is 5.69 Å². The molecule has 64 heavy (non-hydrogen) atoms. The molecular weight excluding hydrogens is 792 g/mol. The number of benzene rings is 8. The van der Waals surface area contributed by atoms with Crippen LogP contribution in [0.4, 0.5) is 28.4 Å². The Hall–Kier alpha value is -6.36. The lowest BCUT2D eigenvalue weighted by molar-refractivity contribution is 0.590. The number of nitrogens with zero attached hydrogens (tertiary/aromatic N) is 2. The summed E-state index contributed by atoms with van der Waals surface area (Å²) in [5.74, 6) is 0. The molecular formula is C60H55BN2S. The predicted molar refractivity (Wildman–Crippen MR) is 280 cm³/mol. The van der Waals surface area contributed by atoms with E-state index in [1.807, 2.05) is 11.3 Å². The van der Waals surface area contributed by atoms with Gasteiger partial charge in [-0.05, 0) is 127 Å². The average molecular weight is 847 g/mol. The minimum absolute atomic E-state index is 0.0277. The second-order valence-electron chi connectivity index (χ2n) is 21.0. The van der Waals surface area contributed by atoms with Gasteiger partial charge in [-0.15, -0.1) is 11.3 Å². The maximum atomic E-state index is 2.68. The fourth-order valence-corrected chi connectivity index (χ4v) is 11.5. The van der Waals surface area contributed by atoms with Crippen LogP contribution < -0.4 is 20.6 Å². The first-order chi connectivity index (χ1) is 30.6. The second-order valence-corrected chi connectivity index (χ2v) is 22.1. The fraction of sp³-hybridized carbons (Fsp3) is 0.200. The fourth-order valence-electron chi connectivity index (χ4n) is 10.2. The molecule has 0 saturated carbocycles. The van der Waals surface area contributed by atoms with Gasteiger partial charge in [0.2, 0.25) is 0 Å². The SMILES string of the molecule is CC(C)(C)c1ccc(N2B3c4c(cc(-c5ccccc5)cc4N(c4ccc(C(C)(C)C)cc4-c4ccccc4)c4ccc5c(sc6ccccc65)c43)-c3cc(C(C)(C)C)ccc32)cc1. The molecule has 2 aliphatic heterocycles. The number of fused-ring (bicyclic) bond motifs is 8. The van der Waals surface area contributed by atoms with Crippen molar-refractivity contribution in [3.63, 3.8) is 0 Å². The third-order valence-corrected chi connectivity index (χ3v) is 14.9. The first-order valence-electron chi connectivity index (χ1n) is 22.9. The molecule has 0 aliphatic carbocycles. The van der Waals surface area contributed by atoms with Gasteiger partial charge in [-0.2, -0.15) is 0 Å². The highest BCUT2D eigenvalue weighted by Gasteiger charge is 2.47. The molecule has 0 bridgehead atoms. The summed E-state index contributed by atoms with van der Waals surface area (Å²) in [5, 5.41) is 2.63. The molecule has 9 aromatic rings. The average Bonchev–Trinajstić information content (AvgIpc) is 3.67. The molecule has 0 radical (unpaired) electrons. The summed E-state index contributed by atoms with van der Waals surface area (Å²) in [6.07, 6.45) is 0. The van der Waals surface area contributed by atoms with Crippen LogP contribution >= 0.6 is 11.3 Å². The van der Waals surface area contributed by atoms with Crippen molar-refractivity contribution in [3.8, 4) is 33.4 Å². The molecule has 0 amide bonds. The lowest BCUT2D eigenvalue weighted by atomic mass is 9.43. The summed E-state index contributed by atoms with van der Waals surface area (Å²) in [6, 6.07) is 64.8. The van der Waals surface area contributed by atoms with Gasteiger partial charge in [0.15, 0.2) is 0 Å². The molecule has 0 fully saturated rings. The van der Waals surface area contributed by atoms with E-state index in [9.17, 15) is 0 Å². The highest BCUT2D eigenvalue weighted by molar-refractivity contribution is 7.27. The monoisotopic (exact) mass is 846 g/mol. The van der Waals surface area contributed by atoms with E-state index in [0.717, 1.165) is 0 Å². The van der Waals surface area contributed by atoms with Crippen LogP contribution in [0.5, 0.6) is 0 Å². The Morgan fingerprint density at radius 3 is 1.61 bits per heavy atom. The maximum absolute atomic E-state index is 2.68. The Morgan fingerprint density at radius 2 is 0.953 bits per heavy atom. The molecule has 0 unspecified atom stereocenters. The van der Waals surface area contributed by atoms with Crippen LogP contribution in [0.25, 0.3) is 53.6 Å². The van der Waals surface area contributed by atoms with Crippen molar-refractivity contribution >= 4 is 77.7 Å². The minimum Gasteiger partial charge on any atom is -0.376 e. The zero-order valence-electron chi connectivity index (χ0n) is 38.5. The Bertz CT molecular complexity index is 3270. The predicted octanol–water partition coefficient (Wildman–Crippen LogP) is 16.0. The minimum atomic E-state index is -0.111. The second kappa shape index (κ2) is 14.6. The van der Waals surface area contributed by atoms with E-state index in [-0.39, 0.29) is 23.1 Å². The van der Waals surface area contributed by atoms with Crippen molar-refractivity contribution in [2.45, 2.75) is 78.6 Å². The van der Waals surface area contributed by atoms with Gasteiger partial charge in [-0.3, -0.25) is 0 Å². The summed E-state index contributed by atoms with van der Waals surface area (Å²) in [7, 11) is 0. The van der Waals surface area contributed by atoms with Gasteiger partial charge < -0.3 is 9.71 Å². The Labute approximate surface area is 384 Å². The van der Waals surface area contributed by atoms with Crippen LogP contribution in [0.3, 0.4) is 0 Å². The van der Waals surface area contributed by atoms with Crippen molar-refractivity contribution in [1.29, 1.82) is 0 Å². The van der Waals surface area contributed by atoms with Crippen LogP contribution in [-0.4, -0.2) is 6.85 Å². The number of hydrogen-bond acceptors (Lipinski definition) is 3. The molecule has 4 heteroatoms. The molecule has 0 spiro atoms. The van der Waals surface area contributed by atoms with Crippen LogP contribution in [0.2, 0.25) is 0 Å². The van der Waals surface area contributed by atoms with E-state index < -0.39 is 0 Å². The summed E-state index contributed by atoms with van der Waals surface area (Å²) in [5.41, 5.74) is 20.1. The molecule has 0 atom stereocenters. The molecule has 3 heterocycles. The summed E-state index contributed by atoms with van der Waals surface area (Å²) < 4.78 is 2.66. The molecule has 0 saturated heterocycles. The number of rotatable bonds is 4. The van der Waals surface area contributed by atoms with E-state index >= 15 is 0 Å². The van der Waals surface area contributed by atoms with E-state index in [0.29, 0.717) is 0 Å². The van der Waals surface area contributed by atoms with Crippen LogP contribution in [0, 0.1) is 0 Å². The molecule has 314 valence electrons. The Morgan fingerprint density at radius 1 is 0.391 bits per heavy atom. The number of hydrogen-bond donors (Lipinski definition) is 0. The topological polar surface area (TPSA) is 6.48 Å². The van der Waals surface area contributed by atoms with Gasteiger partial charge in [-0.1, -0.05) is 172 Å². The molecule has 8 aromatic carbocycles. The van der Waals surface area contributed by atoms with E-state index in [2.05, 4.69) is 242 Å². The lowest BCUT2D eigenvalue weighted by Gasteiger charge is -2.46. The zero-order chi connectivity index (χ0) is 44.3. The standard InChI is InChI=1S/C60H55BN2S/c1-58(2,3)41-24-28-44(29-25-41)63-51-32-27-43(60(7,8)9)37-48(51)49-34-40(38-18-12-10-13-19-38)35-53-55(49)61(63)56-52(33-30-46-45-22-16-17-23-54(45)64-57(46)56)62(53)50-31-26-42(59(4,5)6)36-47(50)39-20-14-11-15-21-39/h10-37H,1-9H3. The van der Waals surface area contributed by atoms with Gasteiger partial charge >= 0.3 is 6.85 Å². The van der Waals surface area contributed by atoms with Crippen LogP contribution in [-0.2, 0) is 16.2 Å². The largest absolute Gasteiger partial charge is 0.376 e. The summed E-state index contributed by atoms with van der Waals surface area (Å²) in [4.78, 5) is 5.32. The molecule has 2 aliphatic rings. The normalized spacial score (nSPS) is 13.6. The van der Waals surface area contributed by atoms with Gasteiger partial charge in [0, 0.05) is 54.0 Å². The van der Waals surface area contributed by atoms with Crippen LogP contribution in [0.1, 0.15) is 79.0 Å². The molecule has 1 aromatic heterocycles.